The number of benzene rings is 2. The number of hydrogen-bond acceptors (Lipinski definition) is 6. The van der Waals surface area contributed by atoms with Crippen molar-refractivity contribution < 1.29 is 13.7 Å². The van der Waals surface area contributed by atoms with Crippen LogP contribution in [0.2, 0.25) is 0 Å². The molecule has 1 aliphatic rings. The number of hydrogen-bond donors (Lipinski definition) is 3. The van der Waals surface area contributed by atoms with Gasteiger partial charge < -0.3 is 19.8 Å². The number of fused-ring (bicyclic) bond motifs is 1. The Labute approximate surface area is 188 Å². The van der Waals surface area contributed by atoms with Gasteiger partial charge in [0.05, 0.1) is 23.0 Å². The Kier molecular flexibility index (Phi) is 5.51. The van der Waals surface area contributed by atoms with Crippen molar-refractivity contribution in [3.05, 3.63) is 64.7 Å². The Balaban J connectivity index is 1.26. The molecule has 2 atom stereocenters. The largest absolute Gasteiger partial charge is 0.339 e. The van der Waals surface area contributed by atoms with Crippen molar-refractivity contribution in [2.45, 2.75) is 31.7 Å². The molecular weight excluding hydrogens is 427 g/mol. The highest BCUT2D eigenvalue weighted by Crippen LogP contribution is 2.29. The van der Waals surface area contributed by atoms with Crippen LogP contribution in [0.15, 0.2) is 51.8 Å². The summed E-state index contributed by atoms with van der Waals surface area (Å²) in [6, 6.07) is 10.9. The molecule has 1 aliphatic heterocycles. The van der Waals surface area contributed by atoms with Crippen LogP contribution in [0.3, 0.4) is 0 Å². The quantitative estimate of drug-likeness (QED) is 0.429. The van der Waals surface area contributed by atoms with Gasteiger partial charge in [-0.3, -0.25) is 9.69 Å². The lowest BCUT2D eigenvalue weighted by atomic mass is 9.96. The monoisotopic (exact) mass is 450 g/mol. The van der Waals surface area contributed by atoms with Crippen molar-refractivity contribution in [1.29, 1.82) is 0 Å². The van der Waals surface area contributed by atoms with Crippen molar-refractivity contribution in [1.82, 2.24) is 25.0 Å². The van der Waals surface area contributed by atoms with Crippen LogP contribution in [0.1, 0.15) is 31.6 Å². The fraction of sp³-hybridized carbons (Fsp3) is 0.304. The second-order valence-electron chi connectivity index (χ2n) is 8.31. The second-order valence-corrected chi connectivity index (χ2v) is 8.31. The molecule has 0 saturated carbocycles. The molecule has 1 fully saturated rings. The number of imidazole rings is 1. The Bertz CT molecular complexity index is 1360. The maximum atomic E-state index is 13.5. The van der Waals surface area contributed by atoms with Gasteiger partial charge >= 0.3 is 5.69 Å². The van der Waals surface area contributed by atoms with Crippen LogP contribution < -0.4 is 11.0 Å². The number of anilines is 1. The molecule has 2 aromatic carbocycles. The molecule has 0 radical (unpaired) electrons. The minimum absolute atomic E-state index is 0.00918. The summed E-state index contributed by atoms with van der Waals surface area (Å²) in [5.74, 6) is 0.340. The molecule has 9 nitrogen and oxygen atoms in total. The third kappa shape index (κ3) is 4.42. The second kappa shape index (κ2) is 8.62. The number of aromatic nitrogens is 4. The highest BCUT2D eigenvalue weighted by atomic mass is 19.1. The van der Waals surface area contributed by atoms with Gasteiger partial charge in [-0.2, -0.15) is 4.98 Å². The van der Waals surface area contributed by atoms with Gasteiger partial charge in [0.15, 0.2) is 0 Å². The molecular formula is C23H23FN6O3. The van der Waals surface area contributed by atoms with Crippen LogP contribution in [-0.2, 0) is 4.79 Å². The van der Waals surface area contributed by atoms with Crippen LogP contribution >= 0.6 is 0 Å². The molecule has 0 aliphatic carbocycles. The van der Waals surface area contributed by atoms with E-state index in [0.29, 0.717) is 40.5 Å². The van der Waals surface area contributed by atoms with E-state index in [9.17, 15) is 14.0 Å². The number of rotatable bonds is 5. The van der Waals surface area contributed by atoms with Crippen molar-refractivity contribution in [2.75, 3.05) is 18.4 Å². The number of nitrogens with zero attached hydrogens (tertiary/aromatic N) is 3. The number of carbonyl (C=O) groups is 1. The Morgan fingerprint density at radius 2 is 2.09 bits per heavy atom. The molecule has 4 aromatic rings. The fourth-order valence-electron chi connectivity index (χ4n) is 4.23. The Morgan fingerprint density at radius 3 is 2.94 bits per heavy atom. The summed E-state index contributed by atoms with van der Waals surface area (Å²) in [5.41, 5.74) is 2.20. The van der Waals surface area contributed by atoms with Gasteiger partial charge in [0, 0.05) is 17.8 Å². The van der Waals surface area contributed by atoms with E-state index in [-0.39, 0.29) is 29.4 Å². The number of H-pyrrole nitrogens is 2. The molecule has 2 unspecified atom stereocenters. The first-order valence-corrected chi connectivity index (χ1v) is 10.8. The molecule has 0 spiro atoms. The first kappa shape index (κ1) is 21.1. The Morgan fingerprint density at radius 1 is 1.24 bits per heavy atom. The van der Waals surface area contributed by atoms with Gasteiger partial charge in [-0.25, -0.2) is 9.18 Å². The molecule has 0 bridgehead atoms. The lowest BCUT2D eigenvalue weighted by Crippen LogP contribution is -2.46. The topological polar surface area (TPSA) is 120 Å². The van der Waals surface area contributed by atoms with E-state index >= 15 is 0 Å². The summed E-state index contributed by atoms with van der Waals surface area (Å²) < 4.78 is 19.0. The zero-order valence-electron chi connectivity index (χ0n) is 18.0. The van der Waals surface area contributed by atoms with Crippen LogP contribution in [0, 0.1) is 5.82 Å². The van der Waals surface area contributed by atoms with Crippen LogP contribution in [0.5, 0.6) is 0 Å². The van der Waals surface area contributed by atoms with E-state index in [0.717, 1.165) is 19.4 Å². The summed E-state index contributed by atoms with van der Waals surface area (Å²) in [4.78, 5) is 36.3. The van der Waals surface area contributed by atoms with Gasteiger partial charge in [0.2, 0.25) is 17.6 Å². The Hall–Kier alpha value is -3.79. The number of amides is 1. The van der Waals surface area contributed by atoms with E-state index in [1.165, 1.54) is 12.1 Å². The first-order valence-electron chi connectivity index (χ1n) is 10.8. The predicted octanol–water partition coefficient (Wildman–Crippen LogP) is 3.25. The summed E-state index contributed by atoms with van der Waals surface area (Å²) in [7, 11) is 0. The SMILES string of the molecule is CC(C(=O)Nc1ccc2[nH]c(=O)[nH]c2c1)N1CCCC(c2nc(-c3cccc(F)c3)no2)C1. The van der Waals surface area contributed by atoms with E-state index in [1.807, 2.05) is 6.92 Å². The predicted molar refractivity (Wildman–Crippen MR) is 120 cm³/mol. The molecule has 5 rings (SSSR count). The molecule has 1 saturated heterocycles. The lowest BCUT2D eigenvalue weighted by Gasteiger charge is -2.34. The van der Waals surface area contributed by atoms with E-state index < -0.39 is 0 Å². The average Bonchev–Trinajstić information content (AvgIpc) is 3.44. The van der Waals surface area contributed by atoms with Crippen molar-refractivity contribution in [2.24, 2.45) is 0 Å². The molecule has 3 N–H and O–H groups in total. The lowest BCUT2D eigenvalue weighted by molar-refractivity contribution is -0.121. The normalized spacial score (nSPS) is 17.8. The molecule has 33 heavy (non-hydrogen) atoms. The highest BCUT2D eigenvalue weighted by molar-refractivity contribution is 5.96. The minimum atomic E-state index is -0.376. The molecule has 3 heterocycles. The summed E-state index contributed by atoms with van der Waals surface area (Å²) in [5, 5.41) is 6.93. The number of aromatic amines is 2. The minimum Gasteiger partial charge on any atom is -0.339 e. The summed E-state index contributed by atoms with van der Waals surface area (Å²) in [6.07, 6.45) is 1.75. The number of piperidine rings is 1. The standard InChI is InChI=1S/C23H23FN6O3/c1-13(21(31)25-17-7-8-18-19(11-17)27-23(32)26-18)30-9-3-5-15(12-30)22-28-20(29-33-22)14-4-2-6-16(24)10-14/h2,4,6-8,10-11,13,15H,3,5,9,12H2,1H3,(H,25,31)(H2,26,27,32). The number of nitrogens with one attached hydrogen (secondary N) is 3. The maximum Gasteiger partial charge on any atom is 0.323 e. The van der Waals surface area contributed by atoms with Crippen molar-refractivity contribution in [3.8, 4) is 11.4 Å². The highest BCUT2D eigenvalue weighted by Gasteiger charge is 2.31. The van der Waals surface area contributed by atoms with Crippen LogP contribution in [0.4, 0.5) is 10.1 Å². The van der Waals surface area contributed by atoms with Gasteiger partial charge in [0.25, 0.3) is 0 Å². The molecule has 170 valence electrons. The van der Waals surface area contributed by atoms with Gasteiger partial charge in [-0.05, 0) is 56.6 Å². The molecule has 10 heteroatoms. The van der Waals surface area contributed by atoms with E-state index in [1.54, 1.807) is 30.3 Å². The zero-order chi connectivity index (χ0) is 22.9. The number of likely N-dealkylation sites (tertiary alicyclic amines) is 1. The van der Waals surface area contributed by atoms with Gasteiger partial charge in [-0.15, -0.1) is 0 Å². The third-order valence-corrected chi connectivity index (χ3v) is 6.04. The molecule has 1 amide bonds. The van der Waals surface area contributed by atoms with Crippen molar-refractivity contribution in [3.63, 3.8) is 0 Å². The zero-order valence-corrected chi connectivity index (χ0v) is 18.0. The average molecular weight is 450 g/mol. The summed E-state index contributed by atoms with van der Waals surface area (Å²) in [6.45, 7) is 3.24. The number of halogens is 1. The fourth-order valence-corrected chi connectivity index (χ4v) is 4.23. The van der Waals surface area contributed by atoms with Crippen LogP contribution in [0.25, 0.3) is 22.4 Å². The van der Waals surface area contributed by atoms with E-state index in [2.05, 4.69) is 30.3 Å². The first-order chi connectivity index (χ1) is 16.0. The smallest absolute Gasteiger partial charge is 0.323 e. The molecule has 2 aromatic heterocycles. The van der Waals surface area contributed by atoms with E-state index in [4.69, 9.17) is 4.52 Å². The maximum absolute atomic E-state index is 13.5. The number of carbonyl (C=O) groups excluding carboxylic acids is 1. The van der Waals surface area contributed by atoms with Gasteiger partial charge in [-0.1, -0.05) is 17.3 Å². The van der Waals surface area contributed by atoms with Gasteiger partial charge in [0.1, 0.15) is 5.82 Å². The summed E-state index contributed by atoms with van der Waals surface area (Å²) >= 11 is 0. The van der Waals surface area contributed by atoms with Crippen LogP contribution in [-0.4, -0.2) is 50.0 Å². The third-order valence-electron chi connectivity index (χ3n) is 6.04. The van der Waals surface area contributed by atoms with Crippen molar-refractivity contribution >= 4 is 22.6 Å².